The predicted molar refractivity (Wildman–Crippen MR) is 111 cm³/mol. The second kappa shape index (κ2) is 7.33. The van der Waals surface area contributed by atoms with Crippen molar-refractivity contribution in [3.05, 3.63) is 75.2 Å². The van der Waals surface area contributed by atoms with Crippen molar-refractivity contribution in [2.24, 2.45) is 16.6 Å². The third-order valence-corrected chi connectivity index (χ3v) is 6.55. The Bertz CT molecular complexity index is 1010. The molecule has 0 radical (unpaired) electrons. The van der Waals surface area contributed by atoms with Crippen molar-refractivity contribution >= 4 is 34.3 Å². The van der Waals surface area contributed by atoms with E-state index in [4.69, 9.17) is 17.3 Å². The van der Waals surface area contributed by atoms with E-state index in [1.54, 1.807) is 24.3 Å². The topological polar surface area (TPSA) is 68.3 Å². The highest BCUT2D eigenvalue weighted by Gasteiger charge is 2.44. The average molecular weight is 416 g/mol. The molecule has 1 aromatic heterocycles. The van der Waals surface area contributed by atoms with Crippen molar-refractivity contribution in [1.29, 1.82) is 0 Å². The Kier molecular flexibility index (Phi) is 5.02. The zero-order valence-electron chi connectivity index (χ0n) is 15.3. The lowest BCUT2D eigenvalue weighted by Crippen LogP contribution is -2.36. The number of carbonyl (C=O) groups is 1. The van der Waals surface area contributed by atoms with Gasteiger partial charge in [0.05, 0.1) is 10.6 Å². The number of nitrogens with two attached hydrogens (primary N) is 1. The number of hydrogen-bond acceptors (Lipinski definition) is 5. The van der Waals surface area contributed by atoms with Crippen LogP contribution in [0.15, 0.2) is 52.5 Å². The van der Waals surface area contributed by atoms with Crippen molar-refractivity contribution < 1.29 is 9.18 Å². The number of aromatic nitrogens is 1. The molecule has 4 nitrogen and oxygen atoms in total. The molecular formula is C21H19ClFN3OS. The SMILES string of the molecule is CC1(c2cc(CC(=O)c3ccc(Cl)cn3)ccc2F)N=C(N)SC2=CCCC21. The van der Waals surface area contributed by atoms with Gasteiger partial charge in [0, 0.05) is 24.1 Å². The molecule has 0 bridgehead atoms. The van der Waals surface area contributed by atoms with E-state index in [9.17, 15) is 9.18 Å². The molecule has 28 heavy (non-hydrogen) atoms. The maximum absolute atomic E-state index is 14.8. The first-order valence-electron chi connectivity index (χ1n) is 9.04. The third kappa shape index (κ3) is 3.47. The van der Waals surface area contributed by atoms with E-state index < -0.39 is 5.54 Å². The summed E-state index contributed by atoms with van der Waals surface area (Å²) >= 11 is 7.29. The minimum atomic E-state index is -0.778. The van der Waals surface area contributed by atoms with E-state index in [0.717, 1.165) is 23.3 Å². The molecule has 4 rings (SSSR count). The van der Waals surface area contributed by atoms with Crippen LogP contribution < -0.4 is 5.73 Å². The quantitative estimate of drug-likeness (QED) is 0.723. The highest BCUT2D eigenvalue weighted by Crippen LogP contribution is 2.51. The molecule has 1 aromatic carbocycles. The Morgan fingerprint density at radius 1 is 1.39 bits per heavy atom. The molecule has 2 N–H and O–H groups in total. The molecule has 2 heterocycles. The van der Waals surface area contributed by atoms with Crippen molar-refractivity contribution in [2.45, 2.75) is 31.7 Å². The fourth-order valence-corrected chi connectivity index (χ4v) is 5.21. The summed E-state index contributed by atoms with van der Waals surface area (Å²) in [7, 11) is 0. The second-order valence-electron chi connectivity index (χ2n) is 7.21. The van der Waals surface area contributed by atoms with E-state index >= 15 is 0 Å². The maximum atomic E-state index is 14.8. The maximum Gasteiger partial charge on any atom is 0.185 e. The van der Waals surface area contributed by atoms with Gasteiger partial charge < -0.3 is 5.73 Å². The molecule has 0 amide bonds. The predicted octanol–water partition coefficient (Wildman–Crippen LogP) is 4.87. The van der Waals surface area contributed by atoms with Gasteiger partial charge in [-0.05, 0) is 54.5 Å². The number of benzene rings is 1. The summed E-state index contributed by atoms with van der Waals surface area (Å²) in [6, 6.07) is 8.00. The van der Waals surface area contributed by atoms with Gasteiger partial charge in [-0.2, -0.15) is 0 Å². The number of Topliss-reactive ketones (excluding diaryl/α,β-unsaturated/α-hetero) is 1. The van der Waals surface area contributed by atoms with Gasteiger partial charge in [0.25, 0.3) is 0 Å². The van der Waals surface area contributed by atoms with Gasteiger partial charge in [-0.15, -0.1) is 0 Å². The first-order chi connectivity index (χ1) is 13.4. The van der Waals surface area contributed by atoms with Crippen LogP contribution in [0.3, 0.4) is 0 Å². The molecular weight excluding hydrogens is 397 g/mol. The Labute approximate surface area is 172 Å². The van der Waals surface area contributed by atoms with Crippen LogP contribution in [0.1, 0.15) is 41.4 Å². The summed E-state index contributed by atoms with van der Waals surface area (Å²) in [5.41, 5.74) is 6.78. The number of aliphatic imine (C=N–C) groups is 1. The van der Waals surface area contributed by atoms with Crippen molar-refractivity contribution in [2.75, 3.05) is 0 Å². The van der Waals surface area contributed by atoms with Crippen molar-refractivity contribution in [1.82, 2.24) is 4.98 Å². The van der Waals surface area contributed by atoms with Crippen LogP contribution in [0.25, 0.3) is 0 Å². The first kappa shape index (κ1) is 19.2. The number of fused-ring (bicyclic) bond motifs is 1. The highest BCUT2D eigenvalue weighted by molar-refractivity contribution is 8.17. The van der Waals surface area contributed by atoms with Gasteiger partial charge in [-0.25, -0.2) is 4.39 Å². The first-order valence-corrected chi connectivity index (χ1v) is 10.2. The van der Waals surface area contributed by atoms with Gasteiger partial charge in [0.15, 0.2) is 11.0 Å². The average Bonchev–Trinajstić information content (AvgIpc) is 3.13. The summed E-state index contributed by atoms with van der Waals surface area (Å²) in [5.74, 6) is -0.385. The smallest absolute Gasteiger partial charge is 0.185 e. The van der Waals surface area contributed by atoms with Crippen LogP contribution in [0.2, 0.25) is 5.02 Å². The lowest BCUT2D eigenvalue weighted by atomic mass is 9.78. The van der Waals surface area contributed by atoms with Crippen molar-refractivity contribution in [3.63, 3.8) is 0 Å². The molecule has 0 saturated carbocycles. The fourth-order valence-electron chi connectivity index (χ4n) is 3.93. The van der Waals surface area contributed by atoms with E-state index in [1.165, 1.54) is 24.0 Å². The number of rotatable bonds is 4. The van der Waals surface area contributed by atoms with Gasteiger partial charge >= 0.3 is 0 Å². The molecule has 7 heteroatoms. The molecule has 2 atom stereocenters. The van der Waals surface area contributed by atoms with Crippen LogP contribution >= 0.6 is 23.4 Å². The highest BCUT2D eigenvalue weighted by atomic mass is 35.5. The molecule has 0 fully saturated rings. The molecule has 0 spiro atoms. The number of pyridine rings is 1. The van der Waals surface area contributed by atoms with Gasteiger partial charge in [-0.1, -0.05) is 35.5 Å². The number of hydrogen-bond donors (Lipinski definition) is 1. The second-order valence-corrected chi connectivity index (χ2v) is 8.74. The Balaban J connectivity index is 1.67. The molecule has 2 unspecified atom stereocenters. The summed E-state index contributed by atoms with van der Waals surface area (Å²) in [5, 5.41) is 0.915. The number of carbonyl (C=O) groups excluding carboxylic acids is 1. The Morgan fingerprint density at radius 3 is 2.96 bits per heavy atom. The molecule has 2 aromatic rings. The van der Waals surface area contributed by atoms with Crippen LogP contribution in [-0.4, -0.2) is 15.9 Å². The van der Waals surface area contributed by atoms with Crippen LogP contribution in [0.4, 0.5) is 4.39 Å². The van der Waals surface area contributed by atoms with Gasteiger partial charge in [-0.3, -0.25) is 14.8 Å². The van der Waals surface area contributed by atoms with E-state index in [0.29, 0.717) is 21.4 Å². The third-order valence-electron chi connectivity index (χ3n) is 5.34. The van der Waals surface area contributed by atoms with Crippen LogP contribution in [0.5, 0.6) is 0 Å². The zero-order valence-corrected chi connectivity index (χ0v) is 16.9. The number of ketones is 1. The summed E-state index contributed by atoms with van der Waals surface area (Å²) in [6.07, 6.45) is 5.57. The van der Waals surface area contributed by atoms with E-state index in [1.807, 2.05) is 6.92 Å². The van der Waals surface area contributed by atoms with Gasteiger partial charge in [0.2, 0.25) is 0 Å². The fraction of sp³-hybridized carbons (Fsp3) is 0.286. The lowest BCUT2D eigenvalue weighted by molar-refractivity contribution is 0.0988. The minimum absolute atomic E-state index is 0.100. The largest absolute Gasteiger partial charge is 0.378 e. The number of nitrogens with zero attached hydrogens (tertiary/aromatic N) is 2. The van der Waals surface area contributed by atoms with E-state index in [-0.39, 0.29) is 23.9 Å². The van der Waals surface area contributed by atoms with Crippen LogP contribution in [-0.2, 0) is 12.0 Å². The number of allylic oxidation sites excluding steroid dienone is 1. The standard InChI is InChI=1S/C21H19ClFN3OS/c1-21(14-3-2-4-19(14)28-20(24)26-21)15-9-12(5-7-16(15)23)10-18(27)17-8-6-13(22)11-25-17/h4-9,11,14H,2-3,10H2,1H3,(H2,24,26). The lowest BCUT2D eigenvalue weighted by Gasteiger charge is -2.37. The number of amidine groups is 1. The monoisotopic (exact) mass is 415 g/mol. The molecule has 0 saturated heterocycles. The summed E-state index contributed by atoms with van der Waals surface area (Å²) in [4.78, 5) is 22.4. The molecule has 144 valence electrons. The summed E-state index contributed by atoms with van der Waals surface area (Å²) < 4.78 is 14.8. The zero-order chi connectivity index (χ0) is 19.9. The molecule has 1 aliphatic heterocycles. The van der Waals surface area contributed by atoms with E-state index in [2.05, 4.69) is 16.1 Å². The summed E-state index contributed by atoms with van der Waals surface area (Å²) in [6.45, 7) is 1.92. The Hall–Kier alpha value is -2.18. The normalized spacial score (nSPS) is 23.8. The number of thioether (sulfide) groups is 1. The molecule has 2 aliphatic rings. The van der Waals surface area contributed by atoms with Crippen molar-refractivity contribution in [3.8, 4) is 0 Å². The molecule has 1 aliphatic carbocycles. The van der Waals surface area contributed by atoms with Crippen LogP contribution in [0, 0.1) is 11.7 Å². The Morgan fingerprint density at radius 2 is 2.21 bits per heavy atom. The number of halogens is 2. The van der Waals surface area contributed by atoms with Gasteiger partial charge in [0.1, 0.15) is 11.5 Å². The minimum Gasteiger partial charge on any atom is -0.378 e.